The quantitative estimate of drug-likeness (QED) is 0.921. The molecule has 0 bridgehead atoms. The topological polar surface area (TPSA) is 50.2 Å². The lowest BCUT2D eigenvalue weighted by Gasteiger charge is -2.02. The van der Waals surface area contributed by atoms with E-state index in [0.717, 1.165) is 5.01 Å². The van der Waals surface area contributed by atoms with Gasteiger partial charge in [0.2, 0.25) is 0 Å². The van der Waals surface area contributed by atoms with E-state index >= 15 is 0 Å². The first-order valence-electron chi connectivity index (χ1n) is 5.72. The summed E-state index contributed by atoms with van der Waals surface area (Å²) in [4.78, 5) is 15.6. The van der Waals surface area contributed by atoms with Gasteiger partial charge in [0.05, 0.1) is 10.7 Å². The molecule has 94 valence electrons. The fourth-order valence-corrected chi connectivity index (χ4v) is 3.01. The standard InChI is InChI=1S/C14H15NO2S/c1-8-4-9(2)6-11(5-8)7-12-15-10(3)13(18-12)14(16)17/h4-6H,7H2,1-3H3,(H,16,17). The van der Waals surface area contributed by atoms with E-state index in [9.17, 15) is 4.79 Å². The number of hydrogen-bond acceptors (Lipinski definition) is 3. The van der Waals surface area contributed by atoms with Crippen molar-refractivity contribution in [2.75, 3.05) is 0 Å². The number of thiazole rings is 1. The van der Waals surface area contributed by atoms with Gasteiger partial charge in [0, 0.05) is 6.42 Å². The highest BCUT2D eigenvalue weighted by molar-refractivity contribution is 7.13. The average molecular weight is 261 g/mol. The van der Waals surface area contributed by atoms with Crippen LogP contribution in [-0.2, 0) is 6.42 Å². The molecule has 2 rings (SSSR count). The molecule has 1 aromatic heterocycles. The zero-order chi connectivity index (χ0) is 13.3. The molecule has 0 aliphatic heterocycles. The molecule has 0 aliphatic rings. The Morgan fingerprint density at radius 1 is 1.22 bits per heavy atom. The van der Waals surface area contributed by atoms with Gasteiger partial charge in [-0.3, -0.25) is 0 Å². The Bertz CT molecular complexity index is 582. The molecule has 2 aromatic rings. The van der Waals surface area contributed by atoms with E-state index in [1.807, 2.05) is 0 Å². The maximum absolute atomic E-state index is 11.0. The van der Waals surface area contributed by atoms with E-state index in [-0.39, 0.29) is 0 Å². The second kappa shape index (κ2) is 4.90. The number of carboxylic acid groups (broad SMARTS) is 1. The maximum atomic E-state index is 11.0. The molecule has 0 radical (unpaired) electrons. The third-order valence-corrected chi connectivity index (χ3v) is 3.82. The van der Waals surface area contributed by atoms with E-state index < -0.39 is 5.97 Å². The van der Waals surface area contributed by atoms with Crippen LogP contribution < -0.4 is 0 Å². The lowest BCUT2D eigenvalue weighted by atomic mass is 10.1. The number of rotatable bonds is 3. The molecule has 0 fully saturated rings. The fraction of sp³-hybridized carbons (Fsp3) is 0.286. The van der Waals surface area contributed by atoms with E-state index in [1.54, 1.807) is 6.92 Å². The van der Waals surface area contributed by atoms with Crippen molar-refractivity contribution in [3.63, 3.8) is 0 Å². The largest absolute Gasteiger partial charge is 0.477 e. The molecule has 0 spiro atoms. The Morgan fingerprint density at radius 2 is 1.83 bits per heavy atom. The normalized spacial score (nSPS) is 10.6. The van der Waals surface area contributed by atoms with Crippen LogP contribution in [0, 0.1) is 20.8 Å². The molecular weight excluding hydrogens is 246 g/mol. The maximum Gasteiger partial charge on any atom is 0.347 e. The summed E-state index contributed by atoms with van der Waals surface area (Å²) in [5, 5.41) is 9.86. The summed E-state index contributed by atoms with van der Waals surface area (Å²) >= 11 is 1.26. The van der Waals surface area contributed by atoms with E-state index in [1.165, 1.54) is 28.0 Å². The Hall–Kier alpha value is -1.68. The number of aryl methyl sites for hydroxylation is 3. The minimum Gasteiger partial charge on any atom is -0.477 e. The Balaban J connectivity index is 2.28. The highest BCUT2D eigenvalue weighted by atomic mass is 32.1. The van der Waals surface area contributed by atoms with Gasteiger partial charge in [0.1, 0.15) is 4.88 Å². The van der Waals surface area contributed by atoms with Crippen LogP contribution in [0.5, 0.6) is 0 Å². The molecule has 1 heterocycles. The van der Waals surface area contributed by atoms with Crippen LogP contribution >= 0.6 is 11.3 Å². The third-order valence-electron chi connectivity index (χ3n) is 2.67. The predicted molar refractivity (Wildman–Crippen MR) is 72.5 cm³/mol. The third kappa shape index (κ3) is 2.76. The second-order valence-corrected chi connectivity index (χ2v) is 5.58. The SMILES string of the molecule is Cc1cc(C)cc(Cc2nc(C)c(C(=O)O)s2)c1. The van der Waals surface area contributed by atoms with E-state index in [2.05, 4.69) is 37.0 Å². The zero-order valence-electron chi connectivity index (χ0n) is 10.7. The summed E-state index contributed by atoms with van der Waals surface area (Å²) < 4.78 is 0. The van der Waals surface area contributed by atoms with Crippen molar-refractivity contribution in [1.82, 2.24) is 4.98 Å². The first-order valence-corrected chi connectivity index (χ1v) is 6.54. The first kappa shape index (κ1) is 12.8. The van der Waals surface area contributed by atoms with Crippen molar-refractivity contribution in [1.29, 1.82) is 0 Å². The van der Waals surface area contributed by atoms with Gasteiger partial charge in [-0.2, -0.15) is 0 Å². The lowest BCUT2D eigenvalue weighted by Crippen LogP contribution is -1.94. The summed E-state index contributed by atoms with van der Waals surface area (Å²) in [6, 6.07) is 6.35. The number of nitrogens with zero attached hydrogens (tertiary/aromatic N) is 1. The van der Waals surface area contributed by atoms with Gasteiger partial charge < -0.3 is 5.11 Å². The number of aromatic nitrogens is 1. The van der Waals surface area contributed by atoms with Crippen molar-refractivity contribution in [3.05, 3.63) is 50.5 Å². The Kier molecular flexibility index (Phi) is 3.48. The molecule has 0 saturated heterocycles. The van der Waals surface area contributed by atoms with E-state index in [4.69, 9.17) is 5.11 Å². The highest BCUT2D eigenvalue weighted by Gasteiger charge is 2.14. The van der Waals surface area contributed by atoms with Crippen molar-refractivity contribution >= 4 is 17.3 Å². The molecule has 3 nitrogen and oxygen atoms in total. The molecular formula is C14H15NO2S. The second-order valence-electron chi connectivity index (χ2n) is 4.50. The summed E-state index contributed by atoms with van der Waals surface area (Å²) in [5.74, 6) is -0.892. The molecule has 1 N–H and O–H groups in total. The van der Waals surface area contributed by atoms with Gasteiger partial charge in [0.15, 0.2) is 0 Å². The molecule has 0 saturated carbocycles. The number of hydrogen-bond donors (Lipinski definition) is 1. The molecule has 0 amide bonds. The zero-order valence-corrected chi connectivity index (χ0v) is 11.5. The molecule has 18 heavy (non-hydrogen) atoms. The summed E-state index contributed by atoms with van der Waals surface area (Å²) in [6.45, 7) is 5.86. The van der Waals surface area contributed by atoms with Crippen molar-refractivity contribution in [2.45, 2.75) is 27.2 Å². The Morgan fingerprint density at radius 3 is 2.33 bits per heavy atom. The smallest absolute Gasteiger partial charge is 0.347 e. The number of carboxylic acids is 1. The number of benzene rings is 1. The first-order chi connectivity index (χ1) is 8.45. The molecule has 1 aromatic carbocycles. The van der Waals surface area contributed by atoms with Crippen molar-refractivity contribution in [3.8, 4) is 0 Å². The van der Waals surface area contributed by atoms with Crippen LogP contribution in [0.25, 0.3) is 0 Å². The monoisotopic (exact) mass is 261 g/mol. The van der Waals surface area contributed by atoms with Crippen LogP contribution in [0.2, 0.25) is 0 Å². The average Bonchev–Trinajstić information content (AvgIpc) is 2.57. The van der Waals surface area contributed by atoms with Crippen molar-refractivity contribution in [2.24, 2.45) is 0 Å². The van der Waals surface area contributed by atoms with Crippen LogP contribution in [0.1, 0.15) is 37.1 Å². The van der Waals surface area contributed by atoms with Gasteiger partial charge >= 0.3 is 5.97 Å². The van der Waals surface area contributed by atoms with Gasteiger partial charge in [-0.05, 0) is 26.3 Å². The molecule has 0 unspecified atom stereocenters. The van der Waals surface area contributed by atoms with Crippen LogP contribution in [-0.4, -0.2) is 16.1 Å². The molecule has 4 heteroatoms. The molecule has 0 atom stereocenters. The van der Waals surface area contributed by atoms with Gasteiger partial charge in [-0.25, -0.2) is 9.78 Å². The summed E-state index contributed by atoms with van der Waals surface area (Å²) in [5.41, 5.74) is 4.22. The number of carbonyl (C=O) groups is 1. The van der Waals surface area contributed by atoms with Gasteiger partial charge in [0.25, 0.3) is 0 Å². The van der Waals surface area contributed by atoms with Crippen LogP contribution in [0.15, 0.2) is 18.2 Å². The fourth-order valence-electron chi connectivity index (χ4n) is 2.07. The lowest BCUT2D eigenvalue weighted by molar-refractivity contribution is 0.0701. The molecule has 0 aliphatic carbocycles. The summed E-state index contributed by atoms with van der Waals surface area (Å²) in [6.07, 6.45) is 0.696. The van der Waals surface area contributed by atoms with E-state index in [0.29, 0.717) is 17.0 Å². The van der Waals surface area contributed by atoms with Crippen LogP contribution in [0.3, 0.4) is 0 Å². The number of aromatic carboxylic acids is 1. The predicted octanol–water partition coefficient (Wildman–Crippen LogP) is 3.36. The van der Waals surface area contributed by atoms with Crippen molar-refractivity contribution < 1.29 is 9.90 Å². The Labute approximate surface area is 110 Å². The minimum atomic E-state index is -0.892. The highest BCUT2D eigenvalue weighted by Crippen LogP contribution is 2.21. The minimum absolute atomic E-state index is 0.342. The van der Waals surface area contributed by atoms with Crippen LogP contribution in [0.4, 0.5) is 0 Å². The van der Waals surface area contributed by atoms with Gasteiger partial charge in [-0.1, -0.05) is 29.3 Å². The summed E-state index contributed by atoms with van der Waals surface area (Å²) in [7, 11) is 0. The van der Waals surface area contributed by atoms with Gasteiger partial charge in [-0.15, -0.1) is 11.3 Å².